The number of anilines is 3. The Morgan fingerprint density at radius 3 is 2.34 bits per heavy atom. The van der Waals surface area contributed by atoms with Gasteiger partial charge in [0.05, 0.1) is 5.69 Å². The Balaban J connectivity index is 0.00000336. The zero-order valence-corrected chi connectivity index (χ0v) is 22.0. The van der Waals surface area contributed by atoms with E-state index in [1.54, 1.807) is 18.6 Å². The number of amides is 1. The van der Waals surface area contributed by atoms with Crippen molar-refractivity contribution in [2.45, 2.75) is 6.54 Å². The van der Waals surface area contributed by atoms with Gasteiger partial charge in [-0.3, -0.25) is 15.2 Å². The molecule has 5 rings (SSSR count). The lowest BCUT2D eigenvalue weighted by Crippen LogP contribution is -2.50. The van der Waals surface area contributed by atoms with Crippen LogP contribution in [-0.2, 0) is 6.54 Å². The number of piperazine rings is 1. The topological polar surface area (TPSA) is 98.3 Å². The molecule has 10 heteroatoms. The zero-order valence-electron chi connectivity index (χ0n) is 21.2. The third kappa shape index (κ3) is 7.33. The molecule has 2 aromatic heterocycles. The van der Waals surface area contributed by atoms with Crippen LogP contribution in [0.3, 0.4) is 0 Å². The maximum atomic E-state index is 12.7. The fourth-order valence-electron chi connectivity index (χ4n) is 4.00. The van der Waals surface area contributed by atoms with Crippen LogP contribution in [0.25, 0.3) is 11.3 Å². The van der Waals surface area contributed by atoms with E-state index in [1.165, 1.54) is 0 Å². The quantitative estimate of drug-likeness (QED) is 0.312. The standard InChI is InChI=1S/C28H30N8O.ClH/c1-35-15-17-36(18-16-35)31-19-21-4-6-22(7-5-21)27(37)32-24-8-10-25(11-9-24)33-28-30-14-12-26(34-28)23-3-2-13-29-20-23;/h2-14,20,31H,15-19H2,1H3,(H,32,37)(H,30,33,34);1H. The summed E-state index contributed by atoms with van der Waals surface area (Å²) in [4.78, 5) is 28.1. The van der Waals surface area contributed by atoms with Crippen molar-refractivity contribution in [2.75, 3.05) is 43.9 Å². The zero-order chi connectivity index (χ0) is 25.5. The van der Waals surface area contributed by atoms with Gasteiger partial charge in [-0.15, -0.1) is 12.4 Å². The summed E-state index contributed by atoms with van der Waals surface area (Å²) < 4.78 is 0. The van der Waals surface area contributed by atoms with Crippen LogP contribution in [0.5, 0.6) is 0 Å². The number of likely N-dealkylation sites (N-methyl/N-ethyl adjacent to an activating group) is 1. The Labute approximate surface area is 228 Å². The van der Waals surface area contributed by atoms with Gasteiger partial charge in [-0.05, 0) is 67.2 Å². The van der Waals surface area contributed by atoms with Gasteiger partial charge in [-0.2, -0.15) is 0 Å². The Kier molecular flexibility index (Phi) is 9.34. The van der Waals surface area contributed by atoms with Gasteiger partial charge < -0.3 is 15.5 Å². The third-order valence-electron chi connectivity index (χ3n) is 6.24. The van der Waals surface area contributed by atoms with E-state index in [1.807, 2.05) is 66.7 Å². The molecule has 0 atom stereocenters. The molecule has 1 amide bonds. The molecule has 0 radical (unpaired) electrons. The minimum absolute atomic E-state index is 0. The molecule has 3 N–H and O–H groups in total. The summed E-state index contributed by atoms with van der Waals surface area (Å²) in [6.07, 6.45) is 5.20. The minimum atomic E-state index is -0.146. The first-order valence-corrected chi connectivity index (χ1v) is 12.3. The van der Waals surface area contributed by atoms with E-state index in [9.17, 15) is 4.79 Å². The van der Waals surface area contributed by atoms with Gasteiger partial charge in [0, 0.05) is 73.8 Å². The lowest BCUT2D eigenvalue weighted by molar-refractivity contribution is 0.102. The Hall–Kier alpha value is -3.89. The van der Waals surface area contributed by atoms with Gasteiger partial charge in [0.25, 0.3) is 5.91 Å². The summed E-state index contributed by atoms with van der Waals surface area (Å²) in [5.74, 6) is 0.340. The highest BCUT2D eigenvalue weighted by Crippen LogP contribution is 2.20. The molecular formula is C28H31ClN8O. The molecule has 1 saturated heterocycles. The van der Waals surface area contributed by atoms with Crippen LogP contribution in [-0.4, -0.2) is 64.0 Å². The van der Waals surface area contributed by atoms with Gasteiger partial charge in [-0.25, -0.2) is 15.0 Å². The van der Waals surface area contributed by atoms with Crippen LogP contribution in [0, 0.1) is 0 Å². The monoisotopic (exact) mass is 530 g/mol. The molecule has 3 heterocycles. The van der Waals surface area contributed by atoms with Gasteiger partial charge in [-0.1, -0.05) is 12.1 Å². The molecule has 1 fully saturated rings. The normalized spacial score (nSPS) is 13.9. The fraction of sp³-hybridized carbons (Fsp3) is 0.214. The number of pyridine rings is 1. The second-order valence-electron chi connectivity index (χ2n) is 8.99. The number of nitrogens with zero attached hydrogens (tertiary/aromatic N) is 5. The summed E-state index contributed by atoms with van der Waals surface area (Å²) in [5.41, 5.74) is 8.46. The predicted molar refractivity (Wildman–Crippen MR) is 153 cm³/mol. The van der Waals surface area contributed by atoms with Crippen molar-refractivity contribution in [3.8, 4) is 11.3 Å². The van der Waals surface area contributed by atoms with E-state index in [2.05, 4.69) is 48.0 Å². The number of halogens is 1. The molecule has 196 valence electrons. The second kappa shape index (κ2) is 13.1. The molecule has 0 unspecified atom stereocenters. The highest BCUT2D eigenvalue weighted by Gasteiger charge is 2.13. The molecule has 2 aromatic carbocycles. The fourth-order valence-corrected chi connectivity index (χ4v) is 4.00. The van der Waals surface area contributed by atoms with Crippen LogP contribution >= 0.6 is 12.4 Å². The van der Waals surface area contributed by atoms with Crippen molar-refractivity contribution in [1.82, 2.24) is 30.3 Å². The molecular weight excluding hydrogens is 500 g/mol. The lowest BCUT2D eigenvalue weighted by Gasteiger charge is -2.32. The van der Waals surface area contributed by atoms with Crippen LogP contribution in [0.2, 0.25) is 0 Å². The number of hydrogen-bond donors (Lipinski definition) is 3. The maximum absolute atomic E-state index is 12.7. The first-order chi connectivity index (χ1) is 18.1. The number of carbonyl (C=O) groups is 1. The average Bonchev–Trinajstić information content (AvgIpc) is 2.95. The molecule has 38 heavy (non-hydrogen) atoms. The average molecular weight is 531 g/mol. The highest BCUT2D eigenvalue weighted by molar-refractivity contribution is 6.04. The molecule has 1 aliphatic heterocycles. The maximum Gasteiger partial charge on any atom is 0.255 e. The van der Waals surface area contributed by atoms with E-state index < -0.39 is 0 Å². The Morgan fingerprint density at radius 1 is 0.895 bits per heavy atom. The molecule has 4 aromatic rings. The minimum Gasteiger partial charge on any atom is -0.324 e. The third-order valence-corrected chi connectivity index (χ3v) is 6.24. The summed E-state index contributed by atoms with van der Waals surface area (Å²) in [7, 11) is 2.14. The van der Waals surface area contributed by atoms with Crippen LogP contribution in [0.15, 0.2) is 85.3 Å². The van der Waals surface area contributed by atoms with Gasteiger partial charge >= 0.3 is 0 Å². The summed E-state index contributed by atoms with van der Waals surface area (Å²) >= 11 is 0. The van der Waals surface area contributed by atoms with Crippen molar-refractivity contribution >= 4 is 35.6 Å². The van der Waals surface area contributed by atoms with Gasteiger partial charge in [0.2, 0.25) is 5.95 Å². The lowest BCUT2D eigenvalue weighted by atomic mass is 10.1. The summed E-state index contributed by atoms with van der Waals surface area (Å²) in [6, 6.07) is 20.8. The van der Waals surface area contributed by atoms with Crippen molar-refractivity contribution in [2.24, 2.45) is 0 Å². The number of rotatable bonds is 8. The number of carbonyl (C=O) groups excluding carboxylic acids is 1. The van der Waals surface area contributed by atoms with Crippen molar-refractivity contribution < 1.29 is 4.79 Å². The van der Waals surface area contributed by atoms with Gasteiger partial charge in [0.15, 0.2) is 0 Å². The largest absolute Gasteiger partial charge is 0.324 e. The van der Waals surface area contributed by atoms with Gasteiger partial charge in [0.1, 0.15) is 0 Å². The number of hydrogen-bond acceptors (Lipinski definition) is 8. The predicted octanol–water partition coefficient (Wildman–Crippen LogP) is 4.21. The molecule has 9 nitrogen and oxygen atoms in total. The molecule has 0 spiro atoms. The summed E-state index contributed by atoms with van der Waals surface area (Å²) in [6.45, 7) is 4.90. The Bertz CT molecular complexity index is 1310. The second-order valence-corrected chi connectivity index (χ2v) is 8.99. The van der Waals surface area contributed by atoms with Crippen molar-refractivity contribution in [3.05, 3.63) is 96.4 Å². The van der Waals surface area contributed by atoms with E-state index in [0.717, 1.165) is 55.2 Å². The molecule has 1 aliphatic rings. The van der Waals surface area contributed by atoms with E-state index in [0.29, 0.717) is 17.2 Å². The molecule has 0 bridgehead atoms. The van der Waals surface area contributed by atoms with Crippen LogP contribution in [0.4, 0.5) is 17.3 Å². The number of aromatic nitrogens is 3. The molecule has 0 aliphatic carbocycles. The van der Waals surface area contributed by atoms with Crippen molar-refractivity contribution in [1.29, 1.82) is 0 Å². The number of hydrazine groups is 1. The highest BCUT2D eigenvalue weighted by atomic mass is 35.5. The molecule has 0 saturated carbocycles. The number of nitrogens with one attached hydrogen (secondary N) is 3. The van der Waals surface area contributed by atoms with Crippen LogP contribution in [0.1, 0.15) is 15.9 Å². The van der Waals surface area contributed by atoms with E-state index in [-0.39, 0.29) is 18.3 Å². The smallest absolute Gasteiger partial charge is 0.255 e. The first kappa shape index (κ1) is 27.2. The van der Waals surface area contributed by atoms with E-state index >= 15 is 0 Å². The Morgan fingerprint density at radius 2 is 1.63 bits per heavy atom. The summed E-state index contributed by atoms with van der Waals surface area (Å²) in [5, 5.41) is 8.41. The van der Waals surface area contributed by atoms with Crippen molar-refractivity contribution in [3.63, 3.8) is 0 Å². The van der Waals surface area contributed by atoms with Crippen LogP contribution < -0.4 is 16.1 Å². The SMILES string of the molecule is CN1CCN(NCc2ccc(C(=O)Nc3ccc(Nc4nccc(-c5cccnc5)n4)cc3)cc2)CC1.Cl. The first-order valence-electron chi connectivity index (χ1n) is 12.3. The number of benzene rings is 2. The van der Waals surface area contributed by atoms with E-state index in [4.69, 9.17) is 0 Å².